The summed E-state index contributed by atoms with van der Waals surface area (Å²) in [7, 11) is 0. The van der Waals surface area contributed by atoms with Crippen LogP contribution in [0.1, 0.15) is 28.2 Å². The summed E-state index contributed by atoms with van der Waals surface area (Å²) in [5.74, 6) is 0.101. The number of nitrogens with two attached hydrogens (primary N) is 1. The summed E-state index contributed by atoms with van der Waals surface area (Å²) in [6.45, 7) is 1.86. The monoisotopic (exact) mass is 451 g/mol. The topological polar surface area (TPSA) is 59.2 Å². The Hall–Kier alpha value is -1.92. The van der Waals surface area contributed by atoms with Crippen molar-refractivity contribution in [2.75, 3.05) is 13.1 Å². The lowest BCUT2D eigenvalue weighted by Gasteiger charge is -2.22. The molecule has 3 aromatic rings. The van der Waals surface area contributed by atoms with Crippen LogP contribution in [-0.4, -0.2) is 28.9 Å². The van der Waals surface area contributed by atoms with Crippen molar-refractivity contribution in [1.82, 2.24) is 9.88 Å². The van der Waals surface area contributed by atoms with E-state index in [1.54, 1.807) is 11.3 Å². The number of benzene rings is 2. The van der Waals surface area contributed by atoms with Gasteiger partial charge in [0.25, 0.3) is 0 Å². The van der Waals surface area contributed by atoms with Crippen LogP contribution in [0, 0.1) is 0 Å². The number of carbonyl (C=O) groups is 1. The zero-order chi connectivity index (χ0) is 18.9. The number of amides is 1. The number of hydrogen-bond acceptors (Lipinski definition) is 4. The van der Waals surface area contributed by atoms with Crippen LogP contribution in [-0.2, 0) is 24.2 Å². The molecule has 2 aromatic carbocycles. The second-order valence-electron chi connectivity index (χ2n) is 6.51. The molecule has 7 heteroatoms. The Bertz CT molecular complexity index is 844. The summed E-state index contributed by atoms with van der Waals surface area (Å²) in [5.41, 5.74) is 8.86. The highest BCUT2D eigenvalue weighted by atomic mass is 35.5. The molecule has 1 amide bonds. The normalized spacial score (nSPS) is 9.97. The highest BCUT2D eigenvalue weighted by Crippen LogP contribution is 2.16. The van der Waals surface area contributed by atoms with Crippen LogP contribution in [0.25, 0.3) is 0 Å². The maximum absolute atomic E-state index is 12.8. The number of halogens is 2. The Labute approximate surface area is 189 Å². The Morgan fingerprint density at radius 1 is 0.966 bits per heavy atom. The van der Waals surface area contributed by atoms with Gasteiger partial charge in [0.1, 0.15) is 0 Å². The van der Waals surface area contributed by atoms with Crippen LogP contribution in [0.5, 0.6) is 0 Å². The van der Waals surface area contributed by atoms with Gasteiger partial charge in [0.15, 0.2) is 0 Å². The van der Waals surface area contributed by atoms with Gasteiger partial charge in [-0.25, -0.2) is 4.98 Å². The van der Waals surface area contributed by atoms with Crippen molar-refractivity contribution in [3.8, 4) is 0 Å². The SMILES string of the molecule is Cl.Cl.NCCCN(Cc1ccccc1)C(=O)Cc1csc(Cc2ccccc2)n1. The lowest BCUT2D eigenvalue weighted by Crippen LogP contribution is -2.33. The van der Waals surface area contributed by atoms with E-state index in [0.717, 1.165) is 29.1 Å². The Kier molecular flexibility index (Phi) is 11.5. The number of aromatic nitrogens is 1. The fourth-order valence-corrected chi connectivity index (χ4v) is 3.75. The third-order valence-corrected chi connectivity index (χ3v) is 5.23. The zero-order valence-corrected chi connectivity index (χ0v) is 18.6. The van der Waals surface area contributed by atoms with Gasteiger partial charge in [-0.15, -0.1) is 36.2 Å². The first kappa shape index (κ1) is 25.1. The third-order valence-electron chi connectivity index (χ3n) is 4.33. The minimum atomic E-state index is 0. The number of nitrogens with zero attached hydrogens (tertiary/aromatic N) is 2. The van der Waals surface area contributed by atoms with Crippen LogP contribution in [0.2, 0.25) is 0 Å². The summed E-state index contributed by atoms with van der Waals surface area (Å²) in [5, 5.41) is 3.04. The van der Waals surface area contributed by atoms with Crippen LogP contribution in [0.4, 0.5) is 0 Å². The van der Waals surface area contributed by atoms with E-state index >= 15 is 0 Å². The molecule has 4 nitrogen and oxygen atoms in total. The van der Waals surface area contributed by atoms with E-state index in [0.29, 0.717) is 26.1 Å². The molecule has 0 aliphatic rings. The van der Waals surface area contributed by atoms with E-state index in [4.69, 9.17) is 5.73 Å². The van der Waals surface area contributed by atoms with Gasteiger partial charge in [0, 0.05) is 24.9 Å². The summed E-state index contributed by atoms with van der Waals surface area (Å²) in [6.07, 6.45) is 1.94. The predicted octanol–water partition coefficient (Wildman–Crippen LogP) is 4.50. The molecule has 3 rings (SSSR count). The van der Waals surface area contributed by atoms with Crippen molar-refractivity contribution < 1.29 is 4.79 Å². The summed E-state index contributed by atoms with van der Waals surface area (Å²) < 4.78 is 0. The van der Waals surface area contributed by atoms with Gasteiger partial charge in [-0.05, 0) is 24.1 Å². The molecule has 0 saturated carbocycles. The van der Waals surface area contributed by atoms with Crippen LogP contribution < -0.4 is 5.73 Å². The lowest BCUT2D eigenvalue weighted by atomic mass is 10.1. The van der Waals surface area contributed by atoms with Crippen molar-refractivity contribution in [2.24, 2.45) is 5.73 Å². The van der Waals surface area contributed by atoms with Gasteiger partial charge in [-0.1, -0.05) is 60.7 Å². The molecule has 0 bridgehead atoms. The van der Waals surface area contributed by atoms with E-state index < -0.39 is 0 Å². The van der Waals surface area contributed by atoms with E-state index in [1.807, 2.05) is 58.8 Å². The fraction of sp³-hybridized carbons (Fsp3) is 0.273. The average molecular weight is 452 g/mol. The minimum Gasteiger partial charge on any atom is -0.338 e. The first-order chi connectivity index (χ1) is 13.2. The summed E-state index contributed by atoms with van der Waals surface area (Å²) >= 11 is 1.62. The smallest absolute Gasteiger partial charge is 0.228 e. The van der Waals surface area contributed by atoms with Crippen LogP contribution in [0.3, 0.4) is 0 Å². The molecule has 156 valence electrons. The van der Waals surface area contributed by atoms with Gasteiger partial charge in [-0.2, -0.15) is 0 Å². The molecule has 0 atom stereocenters. The minimum absolute atomic E-state index is 0. The van der Waals surface area contributed by atoms with Crippen LogP contribution >= 0.6 is 36.2 Å². The van der Waals surface area contributed by atoms with E-state index in [-0.39, 0.29) is 30.7 Å². The fourth-order valence-electron chi connectivity index (χ4n) is 2.93. The van der Waals surface area contributed by atoms with Crippen molar-refractivity contribution in [1.29, 1.82) is 0 Å². The van der Waals surface area contributed by atoms with E-state index in [1.165, 1.54) is 5.56 Å². The van der Waals surface area contributed by atoms with Gasteiger partial charge >= 0.3 is 0 Å². The Morgan fingerprint density at radius 2 is 1.59 bits per heavy atom. The number of thiazole rings is 1. The first-order valence-electron chi connectivity index (χ1n) is 9.23. The van der Waals surface area contributed by atoms with Crippen molar-refractivity contribution in [3.63, 3.8) is 0 Å². The molecule has 1 heterocycles. The molecule has 0 saturated heterocycles. The molecule has 2 N–H and O–H groups in total. The van der Waals surface area contributed by atoms with E-state index in [2.05, 4.69) is 17.1 Å². The van der Waals surface area contributed by atoms with Crippen molar-refractivity contribution in [3.05, 3.63) is 87.9 Å². The van der Waals surface area contributed by atoms with Crippen LogP contribution in [0.15, 0.2) is 66.0 Å². The molecule has 0 unspecified atom stereocenters. The van der Waals surface area contributed by atoms with Crippen molar-refractivity contribution in [2.45, 2.75) is 25.8 Å². The maximum atomic E-state index is 12.8. The highest BCUT2D eigenvalue weighted by molar-refractivity contribution is 7.09. The van der Waals surface area contributed by atoms with Crippen molar-refractivity contribution >= 4 is 42.1 Å². The third kappa shape index (κ3) is 8.15. The quantitative estimate of drug-likeness (QED) is 0.520. The molecule has 0 spiro atoms. The van der Waals surface area contributed by atoms with Gasteiger partial charge in [-0.3, -0.25) is 4.79 Å². The Balaban J connectivity index is 0.00000210. The summed E-state index contributed by atoms with van der Waals surface area (Å²) in [4.78, 5) is 19.4. The van der Waals surface area contributed by atoms with Gasteiger partial charge in [0.2, 0.25) is 5.91 Å². The standard InChI is InChI=1S/C22H25N3OS.2ClH/c23-12-7-13-25(16-19-10-5-2-6-11-19)22(26)15-20-17-27-21(24-20)14-18-8-3-1-4-9-18;;/h1-6,8-11,17H,7,12-16,23H2;2*1H. The average Bonchev–Trinajstić information content (AvgIpc) is 3.13. The molecular weight excluding hydrogens is 425 g/mol. The van der Waals surface area contributed by atoms with Gasteiger partial charge < -0.3 is 10.6 Å². The first-order valence-corrected chi connectivity index (χ1v) is 10.1. The molecule has 0 radical (unpaired) electrons. The molecule has 0 aliphatic heterocycles. The van der Waals surface area contributed by atoms with Gasteiger partial charge in [0.05, 0.1) is 17.1 Å². The maximum Gasteiger partial charge on any atom is 0.228 e. The second-order valence-corrected chi connectivity index (χ2v) is 7.46. The zero-order valence-electron chi connectivity index (χ0n) is 16.2. The molecule has 1 aromatic heterocycles. The lowest BCUT2D eigenvalue weighted by molar-refractivity contribution is -0.131. The van der Waals surface area contributed by atoms with E-state index in [9.17, 15) is 4.79 Å². The highest BCUT2D eigenvalue weighted by Gasteiger charge is 2.16. The molecule has 0 aliphatic carbocycles. The second kappa shape index (κ2) is 13.3. The summed E-state index contributed by atoms with van der Waals surface area (Å²) in [6, 6.07) is 20.3. The predicted molar refractivity (Wildman–Crippen MR) is 125 cm³/mol. The number of hydrogen-bond donors (Lipinski definition) is 1. The number of rotatable bonds is 9. The Morgan fingerprint density at radius 3 is 2.21 bits per heavy atom. The largest absolute Gasteiger partial charge is 0.338 e. The molecular formula is C22H27Cl2N3OS. The molecule has 0 fully saturated rings. The number of carbonyl (C=O) groups excluding carboxylic acids is 1. The molecule has 29 heavy (non-hydrogen) atoms.